The number of pyridine rings is 1. The molecule has 0 amide bonds. The van der Waals surface area contributed by atoms with Crippen molar-refractivity contribution in [3.8, 4) is 11.9 Å². The minimum absolute atomic E-state index is 0.286. The summed E-state index contributed by atoms with van der Waals surface area (Å²) in [4.78, 5) is 4.31. The lowest BCUT2D eigenvalue weighted by Gasteiger charge is -2.20. The molecule has 0 saturated heterocycles. The molecule has 26 heavy (non-hydrogen) atoms. The Labute approximate surface area is 155 Å². The Morgan fingerprint density at radius 2 is 2.23 bits per heavy atom. The topological polar surface area (TPSA) is 98.4 Å². The number of nitrogens with one attached hydrogen (secondary N) is 1. The van der Waals surface area contributed by atoms with Crippen LogP contribution in [0.5, 0.6) is 5.88 Å². The highest BCUT2D eigenvalue weighted by atomic mass is 16.5. The van der Waals surface area contributed by atoms with Crippen LogP contribution in [0, 0.1) is 18.3 Å². The van der Waals surface area contributed by atoms with Gasteiger partial charge in [-0.1, -0.05) is 30.9 Å². The molecule has 0 radical (unpaired) electrons. The standard InChI is InChI=1S/C20H27N3O3/c1-4-5-6-7-15(2)19(10-11-22-13-18(25)14-24)26-20-17(12-21)9-8-16(3)23-20/h4-9,18-19,22,24-25H,2,10-11,13-14H2,1,3H3/b5-4-,7-6-/t18-,19-/m1/s1. The quantitative estimate of drug-likeness (QED) is 0.414. The van der Waals surface area contributed by atoms with Crippen molar-refractivity contribution in [1.29, 1.82) is 5.26 Å². The molecule has 6 heteroatoms. The van der Waals surface area contributed by atoms with Crippen LogP contribution >= 0.6 is 0 Å². The third-order valence-corrected chi connectivity index (χ3v) is 3.58. The normalized spacial score (nSPS) is 13.7. The van der Waals surface area contributed by atoms with E-state index in [1.54, 1.807) is 12.1 Å². The van der Waals surface area contributed by atoms with Crippen LogP contribution in [0.25, 0.3) is 0 Å². The average molecular weight is 357 g/mol. The van der Waals surface area contributed by atoms with E-state index in [2.05, 4.69) is 22.9 Å². The Morgan fingerprint density at radius 3 is 2.88 bits per heavy atom. The Kier molecular flexibility index (Phi) is 9.95. The average Bonchev–Trinajstić information content (AvgIpc) is 2.64. The maximum absolute atomic E-state index is 9.38. The summed E-state index contributed by atoms with van der Waals surface area (Å²) in [5.74, 6) is 0.286. The fourth-order valence-electron chi connectivity index (χ4n) is 2.13. The molecule has 1 aromatic heterocycles. The molecule has 2 atom stereocenters. The molecule has 1 aromatic rings. The van der Waals surface area contributed by atoms with Crippen LogP contribution in [0.3, 0.4) is 0 Å². The number of ether oxygens (including phenoxy) is 1. The number of aromatic nitrogens is 1. The lowest BCUT2D eigenvalue weighted by Crippen LogP contribution is -2.32. The van der Waals surface area contributed by atoms with Crippen molar-refractivity contribution in [3.63, 3.8) is 0 Å². The van der Waals surface area contributed by atoms with Crippen molar-refractivity contribution < 1.29 is 14.9 Å². The number of hydrogen-bond acceptors (Lipinski definition) is 6. The largest absolute Gasteiger partial charge is 0.468 e. The second kappa shape index (κ2) is 12.0. The van der Waals surface area contributed by atoms with Crippen LogP contribution in [0.15, 0.2) is 48.6 Å². The number of allylic oxidation sites excluding steroid dienone is 3. The molecule has 0 aromatic carbocycles. The van der Waals surface area contributed by atoms with Crippen molar-refractivity contribution in [2.75, 3.05) is 19.7 Å². The van der Waals surface area contributed by atoms with Gasteiger partial charge < -0.3 is 20.3 Å². The zero-order chi connectivity index (χ0) is 19.4. The Morgan fingerprint density at radius 1 is 1.46 bits per heavy atom. The molecule has 0 bridgehead atoms. The van der Waals surface area contributed by atoms with Gasteiger partial charge in [0.1, 0.15) is 17.7 Å². The van der Waals surface area contributed by atoms with E-state index in [4.69, 9.17) is 9.84 Å². The molecule has 0 unspecified atom stereocenters. The zero-order valence-corrected chi connectivity index (χ0v) is 15.4. The summed E-state index contributed by atoms with van der Waals surface area (Å²) in [6.07, 6.45) is 6.92. The van der Waals surface area contributed by atoms with Gasteiger partial charge in [-0.3, -0.25) is 0 Å². The molecule has 0 fully saturated rings. The Balaban J connectivity index is 2.85. The monoisotopic (exact) mass is 357 g/mol. The molecule has 0 saturated carbocycles. The van der Waals surface area contributed by atoms with Crippen LogP contribution in [0.2, 0.25) is 0 Å². The van der Waals surface area contributed by atoms with E-state index in [1.807, 2.05) is 38.2 Å². The van der Waals surface area contributed by atoms with Gasteiger partial charge >= 0.3 is 0 Å². The molecule has 140 valence electrons. The summed E-state index contributed by atoms with van der Waals surface area (Å²) in [7, 11) is 0. The number of aliphatic hydroxyl groups is 2. The number of rotatable bonds is 11. The van der Waals surface area contributed by atoms with Crippen molar-refractivity contribution in [2.24, 2.45) is 0 Å². The highest BCUT2D eigenvalue weighted by Crippen LogP contribution is 2.20. The first-order valence-corrected chi connectivity index (χ1v) is 8.54. The predicted octanol–water partition coefficient (Wildman–Crippen LogP) is 2.03. The summed E-state index contributed by atoms with van der Waals surface area (Å²) in [5.41, 5.74) is 1.88. The fraction of sp³-hybridized carbons (Fsp3) is 0.400. The lowest BCUT2D eigenvalue weighted by molar-refractivity contribution is 0.0937. The number of nitrogens with zero attached hydrogens (tertiary/aromatic N) is 2. The molecule has 1 rings (SSSR count). The molecule has 6 nitrogen and oxygen atoms in total. The summed E-state index contributed by atoms with van der Waals surface area (Å²) >= 11 is 0. The highest BCUT2D eigenvalue weighted by molar-refractivity contribution is 5.39. The third kappa shape index (κ3) is 7.62. The Bertz CT molecular complexity index is 677. The van der Waals surface area contributed by atoms with E-state index < -0.39 is 6.10 Å². The lowest BCUT2D eigenvalue weighted by atomic mass is 10.1. The van der Waals surface area contributed by atoms with E-state index >= 15 is 0 Å². The van der Waals surface area contributed by atoms with Gasteiger partial charge in [-0.25, -0.2) is 4.98 Å². The van der Waals surface area contributed by atoms with Crippen LogP contribution < -0.4 is 10.1 Å². The summed E-state index contributed by atoms with van der Waals surface area (Å²) in [6, 6.07) is 5.53. The minimum Gasteiger partial charge on any atom is -0.468 e. The van der Waals surface area contributed by atoms with Gasteiger partial charge in [0.2, 0.25) is 5.88 Å². The smallest absolute Gasteiger partial charge is 0.232 e. The maximum atomic E-state index is 9.38. The second-order valence-corrected chi connectivity index (χ2v) is 5.81. The van der Waals surface area contributed by atoms with Crippen LogP contribution in [0.1, 0.15) is 24.6 Å². The van der Waals surface area contributed by atoms with E-state index in [0.29, 0.717) is 18.5 Å². The minimum atomic E-state index is -0.796. The predicted molar refractivity (Wildman–Crippen MR) is 102 cm³/mol. The second-order valence-electron chi connectivity index (χ2n) is 5.81. The fourth-order valence-corrected chi connectivity index (χ4v) is 2.13. The number of aryl methyl sites for hydroxylation is 1. The van der Waals surface area contributed by atoms with Crippen molar-refractivity contribution in [3.05, 3.63) is 59.8 Å². The first-order valence-electron chi connectivity index (χ1n) is 8.54. The molecule has 3 N–H and O–H groups in total. The van der Waals surface area contributed by atoms with Gasteiger partial charge in [0.25, 0.3) is 0 Å². The molecule has 0 aliphatic rings. The van der Waals surface area contributed by atoms with Crippen LogP contribution in [-0.4, -0.2) is 47.1 Å². The SMILES string of the molecule is C=C(/C=C\C=C/C)[C@@H](CCNC[C@@H](O)CO)Oc1nc(C)ccc1C#N. The van der Waals surface area contributed by atoms with Crippen LogP contribution in [-0.2, 0) is 0 Å². The van der Waals surface area contributed by atoms with E-state index in [0.717, 1.165) is 11.3 Å². The molecular weight excluding hydrogens is 330 g/mol. The van der Waals surface area contributed by atoms with Gasteiger partial charge in [-0.15, -0.1) is 0 Å². The highest BCUT2D eigenvalue weighted by Gasteiger charge is 2.16. The van der Waals surface area contributed by atoms with Gasteiger partial charge in [-0.2, -0.15) is 5.26 Å². The Hall–Kier alpha value is -2.46. The van der Waals surface area contributed by atoms with Gasteiger partial charge in [-0.05, 0) is 38.1 Å². The summed E-state index contributed by atoms with van der Waals surface area (Å²) < 4.78 is 5.98. The molecule has 1 heterocycles. The zero-order valence-electron chi connectivity index (χ0n) is 15.4. The molecule has 0 spiro atoms. The van der Waals surface area contributed by atoms with Crippen molar-refractivity contribution >= 4 is 0 Å². The third-order valence-electron chi connectivity index (χ3n) is 3.58. The first-order chi connectivity index (χ1) is 12.5. The van der Waals surface area contributed by atoms with E-state index in [1.165, 1.54) is 0 Å². The summed E-state index contributed by atoms with van der Waals surface area (Å²) in [6.45, 7) is 8.36. The number of nitriles is 1. The maximum Gasteiger partial charge on any atom is 0.232 e. The van der Waals surface area contributed by atoms with Gasteiger partial charge in [0.05, 0.1) is 12.7 Å². The van der Waals surface area contributed by atoms with Crippen molar-refractivity contribution in [2.45, 2.75) is 32.5 Å². The van der Waals surface area contributed by atoms with Gasteiger partial charge in [0, 0.05) is 18.7 Å². The molecular formula is C20H27N3O3. The summed E-state index contributed by atoms with van der Waals surface area (Å²) in [5, 5.41) is 30.5. The van der Waals surface area contributed by atoms with Crippen molar-refractivity contribution in [1.82, 2.24) is 10.3 Å². The molecule has 0 aliphatic heterocycles. The molecule has 0 aliphatic carbocycles. The van der Waals surface area contributed by atoms with Gasteiger partial charge in [0.15, 0.2) is 0 Å². The van der Waals surface area contributed by atoms with Crippen LogP contribution in [0.4, 0.5) is 0 Å². The van der Waals surface area contributed by atoms with E-state index in [-0.39, 0.29) is 25.1 Å². The van der Waals surface area contributed by atoms with E-state index in [9.17, 15) is 10.4 Å². The first kappa shape index (κ1) is 21.6. The number of hydrogen-bond donors (Lipinski definition) is 3. The number of aliphatic hydroxyl groups excluding tert-OH is 2.